The third-order valence-corrected chi connectivity index (χ3v) is 5.07. The van der Waals surface area contributed by atoms with Gasteiger partial charge in [-0.15, -0.1) is 0 Å². The Morgan fingerprint density at radius 1 is 0.812 bits per heavy atom. The van der Waals surface area contributed by atoms with Crippen LogP contribution in [0.5, 0.6) is 0 Å². The number of unbranched alkanes of at least 4 members (excludes halogenated alkanes) is 1. The molecule has 0 aliphatic carbocycles. The summed E-state index contributed by atoms with van der Waals surface area (Å²) in [5, 5.41) is 0.120. The second-order valence-electron chi connectivity index (χ2n) is 7.39. The minimum atomic E-state index is -1.52. The Balaban J connectivity index is 1.58. The lowest BCUT2D eigenvalue weighted by molar-refractivity contribution is 0.453. The summed E-state index contributed by atoms with van der Waals surface area (Å²) in [5.74, 6) is 1.34. The van der Waals surface area contributed by atoms with Crippen molar-refractivity contribution in [3.63, 3.8) is 0 Å². The Kier molecular flexibility index (Phi) is 6.18. The average Bonchev–Trinajstić information content (AvgIpc) is 2.80. The fourth-order valence-corrected chi connectivity index (χ4v) is 3.29. The van der Waals surface area contributed by atoms with Crippen molar-refractivity contribution < 1.29 is 17.6 Å². The molecule has 160 valence electrons. The third kappa shape index (κ3) is 4.47. The molecule has 0 fully saturated rings. The van der Waals surface area contributed by atoms with E-state index in [0.29, 0.717) is 17.0 Å². The molecule has 4 aromatic rings. The van der Waals surface area contributed by atoms with E-state index < -0.39 is 23.3 Å². The van der Waals surface area contributed by atoms with Crippen LogP contribution in [-0.4, -0.2) is 9.97 Å². The van der Waals surface area contributed by atoms with Crippen molar-refractivity contribution in [2.45, 2.75) is 26.2 Å². The van der Waals surface area contributed by atoms with E-state index in [-0.39, 0.29) is 16.3 Å². The molecule has 1 heterocycles. The van der Waals surface area contributed by atoms with Gasteiger partial charge < -0.3 is 0 Å². The molecule has 0 atom stereocenters. The molecule has 0 saturated heterocycles. The highest BCUT2D eigenvalue weighted by molar-refractivity contribution is 5.84. The minimum Gasteiger partial charge on any atom is -0.236 e. The van der Waals surface area contributed by atoms with Crippen LogP contribution >= 0.6 is 0 Å². The summed E-state index contributed by atoms with van der Waals surface area (Å²) in [7, 11) is 0. The number of rotatable bonds is 4. The molecule has 0 radical (unpaired) electrons. The van der Waals surface area contributed by atoms with Crippen LogP contribution in [0.15, 0.2) is 54.9 Å². The minimum absolute atomic E-state index is 0.0503. The SMILES string of the molecule is CCCCc1cnc(-c2ccc(C#Cc3ccc4c(F)c(F)c(F)cc4c3)c(F)c2)nc1. The molecule has 32 heavy (non-hydrogen) atoms. The monoisotopic (exact) mass is 434 g/mol. The van der Waals surface area contributed by atoms with Gasteiger partial charge in [0.05, 0.1) is 5.56 Å². The number of benzene rings is 3. The van der Waals surface area contributed by atoms with Crippen molar-refractivity contribution in [3.8, 4) is 23.2 Å². The van der Waals surface area contributed by atoms with Gasteiger partial charge in [0.15, 0.2) is 23.3 Å². The van der Waals surface area contributed by atoms with E-state index in [1.165, 1.54) is 30.3 Å². The van der Waals surface area contributed by atoms with E-state index in [9.17, 15) is 17.6 Å². The molecule has 0 unspecified atom stereocenters. The van der Waals surface area contributed by atoms with Crippen LogP contribution in [0.4, 0.5) is 17.6 Å². The summed E-state index contributed by atoms with van der Waals surface area (Å²) in [6.45, 7) is 2.11. The van der Waals surface area contributed by atoms with Gasteiger partial charge in [-0.3, -0.25) is 0 Å². The second kappa shape index (κ2) is 9.19. The van der Waals surface area contributed by atoms with Gasteiger partial charge in [-0.25, -0.2) is 27.5 Å². The average molecular weight is 434 g/mol. The molecular weight excluding hydrogens is 416 g/mol. The van der Waals surface area contributed by atoms with Gasteiger partial charge in [0.1, 0.15) is 5.82 Å². The molecule has 3 aromatic carbocycles. The zero-order chi connectivity index (χ0) is 22.7. The van der Waals surface area contributed by atoms with Crippen molar-refractivity contribution in [3.05, 3.63) is 94.8 Å². The van der Waals surface area contributed by atoms with Gasteiger partial charge in [0.2, 0.25) is 0 Å². The number of aromatic nitrogens is 2. The number of hydrogen-bond acceptors (Lipinski definition) is 2. The summed E-state index contributed by atoms with van der Waals surface area (Å²) in [6.07, 6.45) is 6.55. The largest absolute Gasteiger partial charge is 0.236 e. The van der Waals surface area contributed by atoms with E-state index in [1.54, 1.807) is 18.5 Å². The van der Waals surface area contributed by atoms with Gasteiger partial charge in [0.25, 0.3) is 0 Å². The quantitative estimate of drug-likeness (QED) is 0.206. The van der Waals surface area contributed by atoms with Gasteiger partial charge in [-0.05, 0) is 60.2 Å². The smallest absolute Gasteiger partial charge is 0.195 e. The predicted molar refractivity (Wildman–Crippen MR) is 116 cm³/mol. The lowest BCUT2D eigenvalue weighted by Crippen LogP contribution is -1.94. The van der Waals surface area contributed by atoms with E-state index in [0.717, 1.165) is 30.9 Å². The zero-order valence-corrected chi connectivity index (χ0v) is 17.2. The third-order valence-electron chi connectivity index (χ3n) is 5.07. The first-order chi connectivity index (χ1) is 15.5. The van der Waals surface area contributed by atoms with Gasteiger partial charge in [0, 0.05) is 28.9 Å². The molecule has 0 N–H and O–H groups in total. The number of hydrogen-bond donors (Lipinski definition) is 0. The molecule has 0 aliphatic heterocycles. The Morgan fingerprint density at radius 3 is 2.31 bits per heavy atom. The molecule has 0 aliphatic rings. The Morgan fingerprint density at radius 2 is 1.59 bits per heavy atom. The van der Waals surface area contributed by atoms with Crippen LogP contribution in [0.3, 0.4) is 0 Å². The van der Waals surface area contributed by atoms with E-state index in [2.05, 4.69) is 28.7 Å². The molecule has 4 rings (SSSR count). The number of fused-ring (bicyclic) bond motifs is 1. The molecule has 0 spiro atoms. The lowest BCUT2D eigenvalue weighted by Gasteiger charge is -2.04. The summed E-state index contributed by atoms with van der Waals surface area (Å²) < 4.78 is 55.3. The van der Waals surface area contributed by atoms with Gasteiger partial charge >= 0.3 is 0 Å². The fourth-order valence-electron chi connectivity index (χ4n) is 3.29. The lowest BCUT2D eigenvalue weighted by atomic mass is 10.1. The normalized spacial score (nSPS) is 10.8. The summed E-state index contributed by atoms with van der Waals surface area (Å²) in [6, 6.07) is 9.65. The van der Waals surface area contributed by atoms with Gasteiger partial charge in [-0.2, -0.15) is 0 Å². The van der Waals surface area contributed by atoms with Crippen molar-refractivity contribution in [1.82, 2.24) is 9.97 Å². The topological polar surface area (TPSA) is 25.8 Å². The van der Waals surface area contributed by atoms with Crippen LogP contribution in [0.25, 0.3) is 22.2 Å². The van der Waals surface area contributed by atoms with E-state index in [4.69, 9.17) is 0 Å². The first-order valence-electron chi connectivity index (χ1n) is 10.2. The molecule has 0 saturated carbocycles. The van der Waals surface area contributed by atoms with E-state index in [1.807, 2.05) is 0 Å². The van der Waals surface area contributed by atoms with E-state index >= 15 is 0 Å². The molecule has 1 aromatic heterocycles. The van der Waals surface area contributed by atoms with Crippen LogP contribution in [-0.2, 0) is 6.42 Å². The summed E-state index contributed by atoms with van der Waals surface area (Å²) in [5.41, 5.74) is 2.15. The fraction of sp³-hybridized carbons (Fsp3) is 0.154. The highest BCUT2D eigenvalue weighted by atomic mass is 19.2. The van der Waals surface area contributed by atoms with Crippen molar-refractivity contribution >= 4 is 10.8 Å². The van der Waals surface area contributed by atoms with Crippen molar-refractivity contribution in [2.24, 2.45) is 0 Å². The first-order valence-corrected chi connectivity index (χ1v) is 10.2. The molecule has 0 bridgehead atoms. The summed E-state index contributed by atoms with van der Waals surface area (Å²) >= 11 is 0. The maximum atomic E-state index is 14.6. The molecule has 6 heteroatoms. The van der Waals surface area contributed by atoms with Gasteiger partial charge in [-0.1, -0.05) is 31.3 Å². The maximum Gasteiger partial charge on any atom is 0.195 e. The molecular formula is C26H18F4N2. The number of halogens is 4. The Bertz CT molecular complexity index is 1350. The highest BCUT2D eigenvalue weighted by Gasteiger charge is 2.13. The maximum absolute atomic E-state index is 14.6. The Labute approximate surface area is 183 Å². The van der Waals surface area contributed by atoms with Crippen LogP contribution in [0.1, 0.15) is 36.5 Å². The molecule has 0 amide bonds. The first kappa shape index (κ1) is 21.5. The Hall–Kier alpha value is -3.72. The number of nitrogens with zero attached hydrogens (tertiary/aromatic N) is 2. The standard InChI is InChI=1S/C26H18F4N2/c1-2-3-4-17-14-31-26(32-15-17)19-9-8-18(22(27)12-19)7-5-16-6-10-21-20(11-16)13-23(28)25(30)24(21)29/h6,8-15H,2-4H2,1H3. The van der Waals surface area contributed by atoms with Crippen molar-refractivity contribution in [1.29, 1.82) is 0 Å². The predicted octanol–water partition coefficient (Wildman–Crippen LogP) is 6.60. The molecule has 2 nitrogen and oxygen atoms in total. The van der Waals surface area contributed by atoms with Crippen LogP contribution in [0.2, 0.25) is 0 Å². The van der Waals surface area contributed by atoms with Crippen molar-refractivity contribution in [2.75, 3.05) is 0 Å². The van der Waals surface area contributed by atoms with Crippen LogP contribution in [0, 0.1) is 35.1 Å². The number of aryl methyl sites for hydroxylation is 1. The highest BCUT2D eigenvalue weighted by Crippen LogP contribution is 2.24. The summed E-state index contributed by atoms with van der Waals surface area (Å²) in [4.78, 5) is 8.63. The van der Waals surface area contributed by atoms with Crippen LogP contribution < -0.4 is 0 Å². The second-order valence-corrected chi connectivity index (χ2v) is 7.39. The zero-order valence-electron chi connectivity index (χ0n) is 17.2.